The van der Waals surface area contributed by atoms with Gasteiger partial charge in [0.2, 0.25) is 0 Å². The Morgan fingerprint density at radius 2 is 1.90 bits per heavy atom. The van der Waals surface area contributed by atoms with E-state index in [0.29, 0.717) is 18.2 Å². The van der Waals surface area contributed by atoms with Crippen LogP contribution in [0.25, 0.3) is 0 Å². The summed E-state index contributed by atoms with van der Waals surface area (Å²) < 4.78 is 11.6. The standard InChI is InChI=1S/C24H31ClN2O3/c1-26(21-8-9-22(24(21)28)27-11-13-29-14-12-27)16-19-15-20(25)7-10-23(19)30-17-18-5-3-2-4-6-18/h2-7,10,15,21-22,24,28H,8-9,11-14,16-17H2,1H3/t21-,22-,24-/m1/s1. The molecule has 0 spiro atoms. The highest BCUT2D eigenvalue weighted by Crippen LogP contribution is 2.31. The summed E-state index contributed by atoms with van der Waals surface area (Å²) in [4.78, 5) is 4.63. The molecule has 30 heavy (non-hydrogen) atoms. The van der Waals surface area contributed by atoms with Gasteiger partial charge in [-0.25, -0.2) is 0 Å². The second-order valence-electron chi connectivity index (χ2n) is 8.29. The quantitative estimate of drug-likeness (QED) is 0.727. The summed E-state index contributed by atoms with van der Waals surface area (Å²) in [6.07, 6.45) is 1.64. The van der Waals surface area contributed by atoms with Gasteiger partial charge in [0, 0.05) is 42.3 Å². The molecule has 2 aromatic rings. The third-order valence-electron chi connectivity index (χ3n) is 6.31. The Kier molecular flexibility index (Phi) is 7.28. The lowest BCUT2D eigenvalue weighted by Gasteiger charge is -2.36. The first-order chi connectivity index (χ1) is 14.6. The number of nitrogens with zero attached hydrogens (tertiary/aromatic N) is 2. The van der Waals surface area contributed by atoms with E-state index < -0.39 is 0 Å². The Hall–Kier alpha value is -1.63. The molecule has 1 heterocycles. The van der Waals surface area contributed by atoms with E-state index in [9.17, 15) is 5.11 Å². The maximum atomic E-state index is 11.0. The molecule has 1 aliphatic carbocycles. The number of hydrogen-bond donors (Lipinski definition) is 1. The molecule has 0 unspecified atom stereocenters. The van der Waals surface area contributed by atoms with Gasteiger partial charge in [-0.3, -0.25) is 9.80 Å². The maximum absolute atomic E-state index is 11.0. The van der Waals surface area contributed by atoms with E-state index in [1.165, 1.54) is 0 Å². The summed E-state index contributed by atoms with van der Waals surface area (Å²) in [5.41, 5.74) is 2.18. The molecule has 2 aliphatic rings. The van der Waals surface area contributed by atoms with E-state index in [-0.39, 0.29) is 18.2 Å². The summed E-state index contributed by atoms with van der Waals surface area (Å²) in [5.74, 6) is 0.840. The molecule has 1 N–H and O–H groups in total. The van der Waals surface area contributed by atoms with Crippen LogP contribution in [-0.2, 0) is 17.9 Å². The molecular formula is C24H31ClN2O3. The van der Waals surface area contributed by atoms with Crippen molar-refractivity contribution in [3.8, 4) is 5.75 Å². The van der Waals surface area contributed by atoms with Gasteiger partial charge in [-0.05, 0) is 43.7 Å². The molecule has 1 saturated heterocycles. The second-order valence-corrected chi connectivity index (χ2v) is 8.73. The minimum atomic E-state index is -0.360. The lowest BCUT2D eigenvalue weighted by atomic mass is 10.1. The first-order valence-electron chi connectivity index (χ1n) is 10.8. The van der Waals surface area contributed by atoms with Gasteiger partial charge in [-0.15, -0.1) is 0 Å². The molecular weight excluding hydrogens is 400 g/mol. The monoisotopic (exact) mass is 430 g/mol. The van der Waals surface area contributed by atoms with Crippen LogP contribution in [0.5, 0.6) is 5.75 Å². The largest absolute Gasteiger partial charge is 0.489 e. The molecule has 2 aromatic carbocycles. The van der Waals surface area contributed by atoms with Crippen LogP contribution in [-0.4, -0.2) is 66.4 Å². The molecule has 0 radical (unpaired) electrons. The van der Waals surface area contributed by atoms with E-state index in [2.05, 4.69) is 29.0 Å². The third-order valence-corrected chi connectivity index (χ3v) is 6.54. The first kappa shape index (κ1) is 21.6. The number of rotatable bonds is 7. The predicted molar refractivity (Wildman–Crippen MR) is 119 cm³/mol. The summed E-state index contributed by atoms with van der Waals surface area (Å²) >= 11 is 6.29. The van der Waals surface area contributed by atoms with E-state index in [0.717, 1.165) is 56.0 Å². The number of hydrogen-bond acceptors (Lipinski definition) is 5. The second kappa shape index (κ2) is 10.1. The summed E-state index contributed by atoms with van der Waals surface area (Å²) in [5, 5.41) is 11.7. The van der Waals surface area contributed by atoms with Crippen LogP contribution in [0.4, 0.5) is 0 Å². The molecule has 4 rings (SSSR count). The van der Waals surface area contributed by atoms with E-state index in [1.807, 2.05) is 36.4 Å². The van der Waals surface area contributed by atoms with Gasteiger partial charge in [-0.1, -0.05) is 41.9 Å². The SMILES string of the molecule is CN(Cc1cc(Cl)ccc1OCc1ccccc1)[C@@H]1CC[C@@H](N2CCOCC2)[C@@H]1O. The lowest BCUT2D eigenvalue weighted by molar-refractivity contribution is -0.0254. The van der Waals surface area contributed by atoms with Crippen molar-refractivity contribution in [3.63, 3.8) is 0 Å². The van der Waals surface area contributed by atoms with Gasteiger partial charge in [0.05, 0.1) is 19.3 Å². The van der Waals surface area contributed by atoms with Crippen molar-refractivity contribution in [1.82, 2.24) is 9.80 Å². The number of ether oxygens (including phenoxy) is 2. The highest BCUT2D eigenvalue weighted by atomic mass is 35.5. The topological polar surface area (TPSA) is 45.2 Å². The predicted octanol–water partition coefficient (Wildman–Crippen LogP) is 3.57. The van der Waals surface area contributed by atoms with Gasteiger partial charge in [-0.2, -0.15) is 0 Å². The van der Waals surface area contributed by atoms with E-state index in [4.69, 9.17) is 21.1 Å². The zero-order valence-electron chi connectivity index (χ0n) is 17.5. The van der Waals surface area contributed by atoms with E-state index >= 15 is 0 Å². The molecule has 6 heteroatoms. The number of halogens is 1. The Bertz CT molecular complexity index is 813. The van der Waals surface area contributed by atoms with Crippen molar-refractivity contribution < 1.29 is 14.6 Å². The van der Waals surface area contributed by atoms with Crippen molar-refractivity contribution in [3.05, 3.63) is 64.7 Å². The fourth-order valence-electron chi connectivity index (χ4n) is 4.66. The molecule has 0 bridgehead atoms. The average molecular weight is 431 g/mol. The molecule has 162 valence electrons. The minimum absolute atomic E-state index is 0.124. The molecule has 2 fully saturated rings. The summed E-state index contributed by atoms with van der Waals surface area (Å²) in [6.45, 7) is 4.53. The van der Waals surface area contributed by atoms with Gasteiger partial charge in [0.15, 0.2) is 0 Å². The number of morpholine rings is 1. The minimum Gasteiger partial charge on any atom is -0.489 e. The molecule has 0 aromatic heterocycles. The number of aliphatic hydroxyl groups excluding tert-OH is 1. The third kappa shape index (κ3) is 5.16. The van der Waals surface area contributed by atoms with Crippen molar-refractivity contribution in [2.45, 2.75) is 44.2 Å². The van der Waals surface area contributed by atoms with Crippen LogP contribution >= 0.6 is 11.6 Å². The Labute approximate surface area is 184 Å². The zero-order chi connectivity index (χ0) is 20.9. The van der Waals surface area contributed by atoms with Crippen molar-refractivity contribution in [2.75, 3.05) is 33.4 Å². The number of aliphatic hydroxyl groups is 1. The van der Waals surface area contributed by atoms with Crippen LogP contribution in [0.3, 0.4) is 0 Å². The molecule has 1 saturated carbocycles. The highest BCUT2D eigenvalue weighted by Gasteiger charge is 2.40. The Morgan fingerprint density at radius 1 is 1.13 bits per heavy atom. The number of likely N-dealkylation sites (N-methyl/N-ethyl adjacent to an activating group) is 1. The van der Waals surface area contributed by atoms with Gasteiger partial charge < -0.3 is 14.6 Å². The fraction of sp³-hybridized carbons (Fsp3) is 0.500. The van der Waals surface area contributed by atoms with Crippen LogP contribution in [0.2, 0.25) is 5.02 Å². The molecule has 1 aliphatic heterocycles. The van der Waals surface area contributed by atoms with Gasteiger partial charge in [0.25, 0.3) is 0 Å². The fourth-order valence-corrected chi connectivity index (χ4v) is 4.86. The average Bonchev–Trinajstić information content (AvgIpc) is 3.16. The Balaban J connectivity index is 1.41. The zero-order valence-corrected chi connectivity index (χ0v) is 18.3. The Morgan fingerprint density at radius 3 is 2.67 bits per heavy atom. The maximum Gasteiger partial charge on any atom is 0.124 e. The molecule has 5 nitrogen and oxygen atoms in total. The van der Waals surface area contributed by atoms with Crippen molar-refractivity contribution in [2.24, 2.45) is 0 Å². The molecule has 0 amide bonds. The van der Waals surface area contributed by atoms with E-state index in [1.54, 1.807) is 0 Å². The first-order valence-corrected chi connectivity index (χ1v) is 11.1. The molecule has 3 atom stereocenters. The van der Waals surface area contributed by atoms with Crippen molar-refractivity contribution >= 4 is 11.6 Å². The smallest absolute Gasteiger partial charge is 0.124 e. The normalized spacial score (nSPS) is 25.0. The lowest BCUT2D eigenvalue weighted by Crippen LogP contribution is -2.50. The highest BCUT2D eigenvalue weighted by molar-refractivity contribution is 6.30. The van der Waals surface area contributed by atoms with Crippen LogP contribution in [0.15, 0.2) is 48.5 Å². The summed E-state index contributed by atoms with van der Waals surface area (Å²) in [6, 6.07) is 16.3. The van der Waals surface area contributed by atoms with Crippen LogP contribution < -0.4 is 4.74 Å². The van der Waals surface area contributed by atoms with Crippen LogP contribution in [0.1, 0.15) is 24.0 Å². The number of benzene rings is 2. The van der Waals surface area contributed by atoms with Gasteiger partial charge in [0.1, 0.15) is 12.4 Å². The summed E-state index contributed by atoms with van der Waals surface area (Å²) in [7, 11) is 2.08. The van der Waals surface area contributed by atoms with Gasteiger partial charge >= 0.3 is 0 Å². The van der Waals surface area contributed by atoms with Crippen molar-refractivity contribution in [1.29, 1.82) is 0 Å². The van der Waals surface area contributed by atoms with Crippen LogP contribution in [0, 0.1) is 0 Å².